The van der Waals surface area contributed by atoms with E-state index in [1.165, 1.54) is 0 Å². The molecule has 0 heterocycles. The molecule has 0 amide bonds. The number of nitrogens with two attached hydrogens (primary N) is 2. The van der Waals surface area contributed by atoms with E-state index in [2.05, 4.69) is 35.9 Å². The number of rotatable bonds is 0. The number of carboxylic acids is 1. The molecule has 0 saturated heterocycles. The van der Waals surface area contributed by atoms with Crippen LogP contribution < -0.4 is 11.5 Å². The molecule has 6 nitrogen and oxygen atoms in total. The Morgan fingerprint density at radius 3 is 1.08 bits per heavy atom. The van der Waals surface area contributed by atoms with Gasteiger partial charge in [-0.05, 0) is 24.4 Å². The summed E-state index contributed by atoms with van der Waals surface area (Å²) >= 11 is 7.74. The second-order valence-corrected chi connectivity index (χ2v) is 2.03. The van der Waals surface area contributed by atoms with Gasteiger partial charge in [0.25, 0.3) is 16.3 Å². The van der Waals surface area contributed by atoms with Crippen LogP contribution in [0.2, 0.25) is 0 Å². The number of aliphatic hydroxyl groups is 2. The van der Waals surface area contributed by atoms with Gasteiger partial charge in [0.2, 0.25) is 0 Å². The van der Waals surface area contributed by atoms with E-state index in [9.17, 15) is 0 Å². The summed E-state index contributed by atoms with van der Waals surface area (Å²) in [6.45, 7) is 1.08. The molecule has 0 aromatic heterocycles. The van der Waals surface area contributed by atoms with Gasteiger partial charge in [-0.25, -0.2) is 0 Å². The number of aliphatic carboxylic acids is 1. The zero-order chi connectivity index (χ0) is 10.7. The van der Waals surface area contributed by atoms with E-state index < -0.39 is 16.3 Å². The second kappa shape index (κ2) is 17.8. The summed E-state index contributed by atoms with van der Waals surface area (Å²) in [6.07, 6.45) is 0. The molecule has 0 bridgehead atoms. The maximum absolute atomic E-state index is 9.00. The first kappa shape index (κ1) is 23.0. The van der Waals surface area contributed by atoms with Gasteiger partial charge in [0, 0.05) is 6.92 Å². The summed E-state index contributed by atoms with van der Waals surface area (Å²) in [5.74, 6) is -0.833. The fourth-order valence-electron chi connectivity index (χ4n) is 0. The molecule has 0 spiro atoms. The summed E-state index contributed by atoms with van der Waals surface area (Å²) in [5.41, 5.74) is 8.80. The molecule has 0 radical (unpaired) electrons. The molecule has 13 heavy (non-hydrogen) atoms. The third kappa shape index (κ3) is 51100. The van der Waals surface area contributed by atoms with Gasteiger partial charge in [-0.3, -0.25) is 4.79 Å². The zero-order valence-electron chi connectivity index (χ0n) is 6.22. The van der Waals surface area contributed by atoms with Gasteiger partial charge >= 0.3 is 29.6 Å². The van der Waals surface area contributed by atoms with Gasteiger partial charge in [-0.15, -0.1) is 0 Å². The number of thiocarbonyl (C=S) groups is 2. The van der Waals surface area contributed by atoms with E-state index in [1.807, 2.05) is 0 Å². The minimum atomic E-state index is -0.833. The molecule has 0 fully saturated rings. The quantitative estimate of drug-likeness (QED) is 0.269. The Hall–Kier alpha value is -0.150. The molecule has 0 aliphatic heterocycles. The first-order valence-electron chi connectivity index (χ1n) is 2.36. The van der Waals surface area contributed by atoms with Crippen LogP contribution in [0.5, 0.6) is 0 Å². The number of carbonyl (C=O) groups is 1. The number of carboxylic acid groups (broad SMARTS) is 1. The van der Waals surface area contributed by atoms with Crippen molar-refractivity contribution in [2.24, 2.45) is 11.5 Å². The van der Waals surface area contributed by atoms with Gasteiger partial charge < -0.3 is 26.8 Å². The third-order valence-electron chi connectivity index (χ3n) is 0. The number of hydrogen-bond acceptors (Lipinski definition) is 3. The molecule has 0 aromatic rings. The Bertz CT molecular complexity index is 126. The maximum atomic E-state index is 9.00. The Labute approximate surface area is 108 Å². The number of aliphatic hydroxyl groups excluding tert-OH is 2. The molecular weight excluding hydrogens is 227 g/mol. The van der Waals surface area contributed by atoms with Crippen LogP contribution in [-0.2, 0) is 4.79 Å². The average molecular weight is 238 g/mol. The van der Waals surface area contributed by atoms with E-state index in [-0.39, 0.29) is 29.6 Å². The van der Waals surface area contributed by atoms with Crippen LogP contribution in [-0.4, -0.2) is 61.2 Å². The van der Waals surface area contributed by atoms with Crippen LogP contribution >= 0.6 is 24.4 Å². The number of hydrogen-bond donors (Lipinski definition) is 5. The van der Waals surface area contributed by atoms with Crippen LogP contribution in [0.15, 0.2) is 0 Å². The van der Waals surface area contributed by atoms with Crippen LogP contribution in [0, 0.1) is 0 Å². The van der Waals surface area contributed by atoms with Crippen LogP contribution in [0.4, 0.5) is 0 Å². The van der Waals surface area contributed by atoms with Crippen molar-refractivity contribution in [1.29, 1.82) is 0 Å². The molecule has 9 heteroatoms. The van der Waals surface area contributed by atoms with Gasteiger partial charge in [0.1, 0.15) is 0 Å². The van der Waals surface area contributed by atoms with Crippen molar-refractivity contribution in [3.8, 4) is 0 Å². The van der Waals surface area contributed by atoms with E-state index in [4.69, 9.17) is 20.1 Å². The summed E-state index contributed by atoms with van der Waals surface area (Å²) in [4.78, 5) is 9.00. The van der Waals surface area contributed by atoms with Gasteiger partial charge in [0.15, 0.2) is 0 Å². The van der Waals surface area contributed by atoms with Crippen molar-refractivity contribution >= 4 is 70.3 Å². The monoisotopic (exact) mass is 238 g/mol. The van der Waals surface area contributed by atoms with Crippen molar-refractivity contribution in [3.05, 3.63) is 0 Å². The Balaban J connectivity index is -0.0000000450. The van der Waals surface area contributed by atoms with Crippen molar-refractivity contribution in [3.63, 3.8) is 0 Å². The molecule has 74 valence electrons. The van der Waals surface area contributed by atoms with E-state index in [0.29, 0.717) is 0 Å². The molecule has 0 aliphatic rings. The fourth-order valence-corrected chi connectivity index (χ4v) is 0. The fraction of sp³-hybridized carbons (Fsp3) is 0.250. The van der Waals surface area contributed by atoms with Crippen LogP contribution in [0.1, 0.15) is 6.92 Å². The van der Waals surface area contributed by atoms with Gasteiger partial charge in [-0.2, -0.15) is 0 Å². The topological polar surface area (TPSA) is 130 Å². The second-order valence-electron chi connectivity index (χ2n) is 1.20. The normalized spacial score (nSPS) is 5.62. The van der Waals surface area contributed by atoms with Gasteiger partial charge in [0.05, 0.1) is 0 Å². The van der Waals surface area contributed by atoms with Crippen molar-refractivity contribution in [2.45, 2.75) is 6.92 Å². The van der Waals surface area contributed by atoms with E-state index >= 15 is 0 Å². The predicted octanol–water partition coefficient (Wildman–Crippen LogP) is -0.982. The average Bonchev–Trinajstić information content (AvgIpc) is 1.54. The summed E-state index contributed by atoms with van der Waals surface area (Å²) in [6, 6.07) is 0. The Morgan fingerprint density at radius 1 is 1.08 bits per heavy atom. The zero-order valence-corrected chi connectivity index (χ0v) is 7.85. The van der Waals surface area contributed by atoms with Crippen LogP contribution in [0.3, 0.4) is 0 Å². The van der Waals surface area contributed by atoms with Crippen molar-refractivity contribution in [1.82, 2.24) is 0 Å². The SMILES string of the molecule is CC(=O)O.NC(O)=S.NC(O)=S.[NaH]. The first-order chi connectivity index (χ1) is 5.20. The molecular formula is C4H11N2NaO4S2. The third-order valence-corrected chi connectivity index (χ3v) is 0. The molecule has 0 saturated carbocycles. The van der Waals surface area contributed by atoms with Crippen molar-refractivity contribution < 1.29 is 20.1 Å². The summed E-state index contributed by atoms with van der Waals surface area (Å²) in [5, 5.41) is 21.5. The van der Waals surface area contributed by atoms with Gasteiger partial charge in [-0.1, -0.05) is 0 Å². The Kier molecular flexibility index (Phi) is 31.6. The first-order valence-corrected chi connectivity index (χ1v) is 3.18. The van der Waals surface area contributed by atoms with Crippen molar-refractivity contribution in [2.75, 3.05) is 0 Å². The Morgan fingerprint density at radius 2 is 1.08 bits per heavy atom. The van der Waals surface area contributed by atoms with E-state index in [1.54, 1.807) is 0 Å². The molecule has 0 rings (SSSR count). The molecule has 0 atom stereocenters. The van der Waals surface area contributed by atoms with Crippen LogP contribution in [0.25, 0.3) is 0 Å². The summed E-state index contributed by atoms with van der Waals surface area (Å²) in [7, 11) is 0. The molecule has 7 N–H and O–H groups in total. The molecule has 0 aliphatic carbocycles. The standard InChI is InChI=1S/C2H4O2.2CH3NOS.Na.H/c1-2(3)4;2*2-1(3)4;;/h1H3,(H,3,4);2*(H3,2,3,4);;. The van der Waals surface area contributed by atoms with E-state index in [0.717, 1.165) is 6.92 Å². The molecule has 0 aromatic carbocycles. The molecule has 0 unspecified atom stereocenters. The minimum absolute atomic E-state index is 0. The summed E-state index contributed by atoms with van der Waals surface area (Å²) < 4.78 is 0. The predicted molar refractivity (Wildman–Crippen MR) is 59.3 cm³/mol.